The topological polar surface area (TPSA) is 118 Å². The van der Waals surface area contributed by atoms with Crippen LogP contribution in [0.1, 0.15) is 44.6 Å². The van der Waals surface area contributed by atoms with Gasteiger partial charge < -0.3 is 4.74 Å². The summed E-state index contributed by atoms with van der Waals surface area (Å²) in [5.74, 6) is -0.236. The fourth-order valence-electron chi connectivity index (χ4n) is 2.41. The van der Waals surface area contributed by atoms with Crippen molar-refractivity contribution >= 4 is 40.1 Å². The second kappa shape index (κ2) is 9.96. The number of ether oxygens (including phenoxy) is 1. The molecule has 2 heterocycles. The number of aryl methyl sites for hydroxylation is 1. The molecule has 152 valence electrons. The molecule has 3 rings (SSSR count). The van der Waals surface area contributed by atoms with E-state index in [-0.39, 0.29) is 12.3 Å². The number of thioether (sulfide) groups is 1. The van der Waals surface area contributed by atoms with Crippen molar-refractivity contribution in [3.8, 4) is 6.07 Å². The van der Waals surface area contributed by atoms with Crippen LogP contribution in [0, 0.1) is 18.3 Å². The summed E-state index contributed by atoms with van der Waals surface area (Å²) in [5.41, 5.74) is 2.58. The van der Waals surface area contributed by atoms with Crippen molar-refractivity contribution in [1.29, 1.82) is 5.26 Å². The van der Waals surface area contributed by atoms with Crippen molar-refractivity contribution in [3.63, 3.8) is 0 Å². The zero-order valence-corrected chi connectivity index (χ0v) is 17.8. The van der Waals surface area contributed by atoms with E-state index in [0.717, 1.165) is 5.56 Å². The number of carbonyl (C=O) groups excluding carboxylic acids is 2. The molecule has 0 fully saturated rings. The monoisotopic (exact) mass is 439 g/mol. The third-order valence-electron chi connectivity index (χ3n) is 3.89. The molecule has 8 nitrogen and oxygen atoms in total. The Hall–Kier alpha value is -3.29. The first-order valence-corrected chi connectivity index (χ1v) is 10.7. The van der Waals surface area contributed by atoms with Crippen LogP contribution in [0.25, 0.3) is 0 Å². The Kier molecular flexibility index (Phi) is 7.11. The Bertz CT molecular complexity index is 1110. The number of carbonyl (C=O) groups is 2. The van der Waals surface area contributed by atoms with Crippen LogP contribution < -0.4 is 5.32 Å². The molecule has 0 radical (unpaired) electrons. The third kappa shape index (κ3) is 5.40. The molecule has 0 aliphatic carbocycles. The quantitative estimate of drug-likeness (QED) is 0.335. The fourth-order valence-corrected chi connectivity index (χ4v) is 4.12. The number of nitrogens with zero attached hydrogens (tertiary/aromatic N) is 4. The van der Waals surface area contributed by atoms with E-state index in [1.54, 1.807) is 26.0 Å². The molecule has 0 spiro atoms. The second-order valence-corrected chi connectivity index (χ2v) is 8.17. The highest BCUT2D eigenvalue weighted by molar-refractivity contribution is 8.00. The van der Waals surface area contributed by atoms with Crippen LogP contribution in [0.5, 0.6) is 0 Å². The fraction of sp³-hybridized carbons (Fsp3) is 0.200. The molecular weight excluding hydrogens is 422 g/mol. The number of amides is 1. The predicted octanol–water partition coefficient (Wildman–Crippen LogP) is 3.83. The van der Waals surface area contributed by atoms with Gasteiger partial charge in [0.1, 0.15) is 5.69 Å². The molecule has 0 bridgehead atoms. The van der Waals surface area contributed by atoms with Crippen LogP contribution in [0.4, 0.5) is 5.13 Å². The minimum atomic E-state index is -0.470. The average molecular weight is 440 g/mol. The lowest BCUT2D eigenvalue weighted by atomic mass is 10.2. The summed E-state index contributed by atoms with van der Waals surface area (Å²) in [6.07, 6.45) is 0. The van der Waals surface area contributed by atoms with Gasteiger partial charge in [-0.2, -0.15) is 5.26 Å². The molecular formula is C20H17N5O3S2. The maximum Gasteiger partial charge on any atom is 0.339 e. The summed E-state index contributed by atoms with van der Waals surface area (Å²) in [5, 5.41) is 19.9. The van der Waals surface area contributed by atoms with Crippen LogP contribution >= 0.6 is 23.1 Å². The summed E-state index contributed by atoms with van der Waals surface area (Å²) >= 11 is 2.74. The smallest absolute Gasteiger partial charge is 0.339 e. The first-order valence-electron chi connectivity index (χ1n) is 8.91. The number of esters is 1. The molecule has 0 atom stereocenters. The van der Waals surface area contributed by atoms with E-state index >= 15 is 0 Å². The minimum Gasteiger partial charge on any atom is -0.462 e. The molecule has 0 saturated heterocycles. The van der Waals surface area contributed by atoms with Gasteiger partial charge in [-0.15, -0.1) is 10.2 Å². The van der Waals surface area contributed by atoms with Crippen molar-refractivity contribution in [3.05, 3.63) is 64.5 Å². The highest BCUT2D eigenvalue weighted by Gasteiger charge is 2.16. The van der Waals surface area contributed by atoms with Gasteiger partial charge in [0.25, 0.3) is 5.91 Å². The van der Waals surface area contributed by atoms with Gasteiger partial charge in [0.05, 0.1) is 29.5 Å². The van der Waals surface area contributed by atoms with Crippen molar-refractivity contribution in [2.75, 3.05) is 11.9 Å². The number of rotatable bonds is 7. The normalized spacial score (nSPS) is 10.3. The second-order valence-electron chi connectivity index (χ2n) is 5.97. The number of nitriles is 1. The predicted molar refractivity (Wildman–Crippen MR) is 114 cm³/mol. The SMILES string of the molecule is CCOC(=O)c1ccc(C(=O)Nc2nnc(SCc3ccc(C#N)cc3)s2)nc1C. The molecule has 10 heteroatoms. The molecule has 0 aliphatic rings. The van der Waals surface area contributed by atoms with E-state index in [1.807, 2.05) is 12.1 Å². The van der Waals surface area contributed by atoms with Gasteiger partial charge in [-0.1, -0.05) is 35.2 Å². The van der Waals surface area contributed by atoms with Crippen LogP contribution in [-0.4, -0.2) is 33.7 Å². The molecule has 3 aromatic rings. The number of nitrogens with one attached hydrogen (secondary N) is 1. The zero-order chi connectivity index (χ0) is 21.5. The lowest BCUT2D eigenvalue weighted by Gasteiger charge is -2.06. The van der Waals surface area contributed by atoms with Crippen LogP contribution in [0.3, 0.4) is 0 Å². The average Bonchev–Trinajstić information content (AvgIpc) is 3.20. The lowest BCUT2D eigenvalue weighted by molar-refractivity contribution is 0.0524. The van der Waals surface area contributed by atoms with Crippen LogP contribution in [-0.2, 0) is 10.5 Å². The zero-order valence-electron chi connectivity index (χ0n) is 16.2. The lowest BCUT2D eigenvalue weighted by Crippen LogP contribution is -2.16. The van der Waals surface area contributed by atoms with E-state index in [2.05, 4.69) is 26.6 Å². The molecule has 0 aliphatic heterocycles. The number of hydrogen-bond acceptors (Lipinski definition) is 9. The number of anilines is 1. The minimum absolute atomic E-state index is 0.169. The summed E-state index contributed by atoms with van der Waals surface area (Å²) < 4.78 is 5.67. The third-order valence-corrected chi connectivity index (χ3v) is 5.93. The molecule has 1 aromatic carbocycles. The molecule has 2 aromatic heterocycles. The van der Waals surface area contributed by atoms with Gasteiger partial charge >= 0.3 is 5.97 Å². The Morgan fingerprint density at radius 1 is 1.20 bits per heavy atom. The number of pyridine rings is 1. The van der Waals surface area contributed by atoms with Crippen molar-refractivity contribution in [2.24, 2.45) is 0 Å². The van der Waals surface area contributed by atoms with Crippen molar-refractivity contribution < 1.29 is 14.3 Å². The Morgan fingerprint density at radius 2 is 1.97 bits per heavy atom. The standard InChI is InChI=1S/C20H17N5O3S2/c1-3-28-18(27)15-8-9-16(22-12(15)2)17(26)23-19-24-25-20(30-19)29-11-14-6-4-13(10-21)5-7-14/h4-9H,3,11H2,1-2H3,(H,23,24,26). The molecule has 0 saturated carbocycles. The van der Waals surface area contributed by atoms with E-state index in [1.165, 1.54) is 35.2 Å². The summed E-state index contributed by atoms with van der Waals surface area (Å²) in [7, 11) is 0. The number of benzene rings is 1. The maximum atomic E-state index is 12.4. The first kappa shape index (κ1) is 21.4. The van der Waals surface area contributed by atoms with Gasteiger partial charge in [-0.05, 0) is 43.7 Å². The van der Waals surface area contributed by atoms with E-state index in [9.17, 15) is 9.59 Å². The van der Waals surface area contributed by atoms with Crippen LogP contribution in [0.15, 0.2) is 40.7 Å². The first-order chi connectivity index (χ1) is 14.5. The van der Waals surface area contributed by atoms with E-state index < -0.39 is 11.9 Å². The van der Waals surface area contributed by atoms with Crippen molar-refractivity contribution in [1.82, 2.24) is 15.2 Å². The molecule has 30 heavy (non-hydrogen) atoms. The summed E-state index contributed by atoms with van der Waals surface area (Å²) in [6, 6.07) is 12.4. The van der Waals surface area contributed by atoms with Gasteiger partial charge in [-0.25, -0.2) is 9.78 Å². The number of hydrogen-bond donors (Lipinski definition) is 1. The Balaban J connectivity index is 1.59. The molecule has 1 N–H and O–H groups in total. The van der Waals surface area contributed by atoms with Gasteiger partial charge in [0, 0.05) is 5.75 Å². The highest BCUT2D eigenvalue weighted by atomic mass is 32.2. The van der Waals surface area contributed by atoms with Crippen LogP contribution in [0.2, 0.25) is 0 Å². The number of aromatic nitrogens is 3. The summed E-state index contributed by atoms with van der Waals surface area (Å²) in [4.78, 5) is 28.5. The molecule has 1 amide bonds. The van der Waals surface area contributed by atoms with Gasteiger partial charge in [0.15, 0.2) is 4.34 Å². The van der Waals surface area contributed by atoms with E-state index in [4.69, 9.17) is 10.00 Å². The van der Waals surface area contributed by atoms with Gasteiger partial charge in [0.2, 0.25) is 5.13 Å². The largest absolute Gasteiger partial charge is 0.462 e. The molecule has 0 unspecified atom stereocenters. The summed E-state index contributed by atoms with van der Waals surface area (Å²) in [6.45, 7) is 3.64. The van der Waals surface area contributed by atoms with Crippen molar-refractivity contribution in [2.45, 2.75) is 23.9 Å². The highest BCUT2D eigenvalue weighted by Crippen LogP contribution is 2.28. The Labute approximate surface area is 181 Å². The Morgan fingerprint density at radius 3 is 2.63 bits per heavy atom. The maximum absolute atomic E-state index is 12.4. The van der Waals surface area contributed by atoms with Gasteiger partial charge in [-0.3, -0.25) is 10.1 Å². The van der Waals surface area contributed by atoms with E-state index in [0.29, 0.717) is 32.0 Å².